The fraction of sp³-hybridized carbons (Fsp3) is 0.556. The zero-order chi connectivity index (χ0) is 13.3. The standard InChI is InChI=1S/C9H13N3O5S/c13-6-1-5(2-6)3-11-18(16,17)7-4-10-9(15)12-8(7)14/h4-6,11,13H,1-3H2,(H2,10,12,14,15). The summed E-state index contributed by atoms with van der Waals surface area (Å²) < 4.78 is 25.8. The summed E-state index contributed by atoms with van der Waals surface area (Å²) in [5.41, 5.74) is -1.72. The van der Waals surface area contributed by atoms with E-state index in [4.69, 9.17) is 5.11 Å². The molecular weight excluding hydrogens is 262 g/mol. The number of hydrogen-bond donors (Lipinski definition) is 4. The molecule has 18 heavy (non-hydrogen) atoms. The van der Waals surface area contributed by atoms with Crippen LogP contribution in [0.2, 0.25) is 0 Å². The van der Waals surface area contributed by atoms with Crippen LogP contribution in [-0.2, 0) is 10.0 Å². The van der Waals surface area contributed by atoms with Crippen LogP contribution in [0, 0.1) is 5.92 Å². The number of hydrogen-bond acceptors (Lipinski definition) is 5. The molecule has 1 aliphatic rings. The molecule has 1 saturated carbocycles. The fourth-order valence-corrected chi connectivity index (χ4v) is 2.89. The first kappa shape index (κ1) is 13.0. The van der Waals surface area contributed by atoms with Gasteiger partial charge in [-0.05, 0) is 18.8 Å². The second-order valence-corrected chi connectivity index (χ2v) is 6.01. The number of H-pyrrole nitrogens is 2. The van der Waals surface area contributed by atoms with E-state index in [0.29, 0.717) is 12.8 Å². The van der Waals surface area contributed by atoms with Gasteiger partial charge in [-0.3, -0.25) is 9.78 Å². The first-order valence-corrected chi connectivity index (χ1v) is 6.86. The highest BCUT2D eigenvalue weighted by molar-refractivity contribution is 7.89. The Kier molecular flexibility index (Phi) is 3.37. The number of aromatic amines is 2. The Morgan fingerprint density at radius 1 is 1.39 bits per heavy atom. The van der Waals surface area contributed by atoms with Crippen molar-refractivity contribution in [3.05, 3.63) is 27.0 Å². The van der Waals surface area contributed by atoms with Crippen LogP contribution in [0.5, 0.6) is 0 Å². The van der Waals surface area contributed by atoms with Crippen molar-refractivity contribution in [2.45, 2.75) is 23.8 Å². The van der Waals surface area contributed by atoms with Crippen molar-refractivity contribution in [2.75, 3.05) is 6.54 Å². The van der Waals surface area contributed by atoms with Gasteiger partial charge in [-0.1, -0.05) is 0 Å². The molecule has 1 aliphatic carbocycles. The quantitative estimate of drug-likeness (QED) is 0.510. The molecule has 0 radical (unpaired) electrons. The lowest BCUT2D eigenvalue weighted by Crippen LogP contribution is -2.40. The molecule has 0 aromatic carbocycles. The first-order chi connectivity index (χ1) is 8.38. The highest BCUT2D eigenvalue weighted by Crippen LogP contribution is 2.26. The lowest BCUT2D eigenvalue weighted by molar-refractivity contribution is 0.0453. The van der Waals surface area contributed by atoms with E-state index in [1.807, 2.05) is 4.98 Å². The third-order valence-electron chi connectivity index (χ3n) is 2.85. The van der Waals surface area contributed by atoms with Crippen LogP contribution >= 0.6 is 0 Å². The third-order valence-corrected chi connectivity index (χ3v) is 4.28. The smallest absolute Gasteiger partial charge is 0.325 e. The van der Waals surface area contributed by atoms with Gasteiger partial charge in [-0.2, -0.15) is 0 Å². The molecule has 0 saturated heterocycles. The Balaban J connectivity index is 2.10. The normalized spacial score (nSPS) is 23.6. The van der Waals surface area contributed by atoms with Crippen LogP contribution in [0.1, 0.15) is 12.8 Å². The number of nitrogens with one attached hydrogen (secondary N) is 3. The van der Waals surface area contributed by atoms with Crippen LogP contribution in [-0.4, -0.2) is 36.1 Å². The maximum atomic E-state index is 11.8. The largest absolute Gasteiger partial charge is 0.393 e. The number of aromatic nitrogens is 2. The van der Waals surface area contributed by atoms with E-state index in [1.165, 1.54) is 0 Å². The highest BCUT2D eigenvalue weighted by atomic mass is 32.2. The van der Waals surface area contributed by atoms with E-state index in [1.54, 1.807) is 0 Å². The van der Waals surface area contributed by atoms with Gasteiger partial charge in [0.15, 0.2) is 4.90 Å². The summed E-state index contributed by atoms with van der Waals surface area (Å²) in [4.78, 5) is 25.5. The highest BCUT2D eigenvalue weighted by Gasteiger charge is 2.29. The van der Waals surface area contributed by atoms with Crippen molar-refractivity contribution in [3.63, 3.8) is 0 Å². The van der Waals surface area contributed by atoms with E-state index in [-0.39, 0.29) is 18.6 Å². The van der Waals surface area contributed by atoms with Gasteiger partial charge in [0.2, 0.25) is 10.0 Å². The monoisotopic (exact) mass is 275 g/mol. The lowest BCUT2D eigenvalue weighted by atomic mass is 9.83. The van der Waals surface area contributed by atoms with Crippen molar-refractivity contribution in [1.82, 2.24) is 14.7 Å². The van der Waals surface area contributed by atoms with E-state index in [9.17, 15) is 18.0 Å². The van der Waals surface area contributed by atoms with E-state index in [2.05, 4.69) is 9.71 Å². The Morgan fingerprint density at radius 2 is 2.06 bits per heavy atom. The van der Waals surface area contributed by atoms with Crippen LogP contribution in [0.4, 0.5) is 0 Å². The van der Waals surface area contributed by atoms with Crippen molar-refractivity contribution in [3.8, 4) is 0 Å². The van der Waals surface area contributed by atoms with Gasteiger partial charge < -0.3 is 10.1 Å². The summed E-state index contributed by atoms with van der Waals surface area (Å²) >= 11 is 0. The van der Waals surface area contributed by atoms with Crippen LogP contribution < -0.4 is 16.0 Å². The molecule has 9 heteroatoms. The molecule has 0 amide bonds. The first-order valence-electron chi connectivity index (χ1n) is 5.38. The molecule has 0 spiro atoms. The summed E-state index contributed by atoms with van der Waals surface area (Å²) in [6, 6.07) is 0. The number of sulfonamides is 1. The summed E-state index contributed by atoms with van der Waals surface area (Å²) in [6.45, 7) is 0.165. The number of aliphatic hydroxyl groups excluding tert-OH is 1. The van der Waals surface area contributed by atoms with Crippen molar-refractivity contribution in [2.24, 2.45) is 5.92 Å². The maximum absolute atomic E-state index is 11.8. The van der Waals surface area contributed by atoms with Crippen LogP contribution in [0.15, 0.2) is 20.7 Å². The number of rotatable bonds is 4. The van der Waals surface area contributed by atoms with Gasteiger partial charge >= 0.3 is 5.69 Å². The number of aliphatic hydroxyl groups is 1. The summed E-state index contributed by atoms with van der Waals surface area (Å²) in [5.74, 6) is 0.0802. The molecule has 100 valence electrons. The predicted octanol–water partition coefficient (Wildman–Crippen LogP) is -1.89. The van der Waals surface area contributed by atoms with Crippen molar-refractivity contribution in [1.29, 1.82) is 0 Å². The van der Waals surface area contributed by atoms with Gasteiger partial charge in [0.1, 0.15) is 0 Å². The molecule has 1 heterocycles. The second-order valence-electron chi connectivity index (χ2n) is 4.28. The SMILES string of the molecule is O=c1[nH]cc(S(=O)(=O)NCC2CC(O)C2)c(=O)[nH]1. The van der Waals surface area contributed by atoms with Gasteiger partial charge in [-0.25, -0.2) is 17.9 Å². The van der Waals surface area contributed by atoms with Crippen LogP contribution in [0.25, 0.3) is 0 Å². The molecule has 2 rings (SSSR count). The fourth-order valence-electron chi connectivity index (χ4n) is 1.77. The molecule has 4 N–H and O–H groups in total. The minimum atomic E-state index is -3.94. The molecule has 0 bridgehead atoms. The molecule has 1 aromatic heterocycles. The summed E-state index contributed by atoms with van der Waals surface area (Å²) in [6.07, 6.45) is 1.59. The third kappa shape index (κ3) is 2.68. The Bertz CT molecular complexity index is 641. The van der Waals surface area contributed by atoms with E-state index in [0.717, 1.165) is 6.20 Å². The molecule has 1 aromatic rings. The van der Waals surface area contributed by atoms with E-state index < -0.39 is 26.2 Å². The Hall–Kier alpha value is -1.45. The predicted molar refractivity (Wildman–Crippen MR) is 61.6 cm³/mol. The minimum absolute atomic E-state index is 0.0802. The zero-order valence-electron chi connectivity index (χ0n) is 9.34. The Morgan fingerprint density at radius 3 is 2.61 bits per heavy atom. The average Bonchev–Trinajstić information content (AvgIpc) is 2.22. The second kappa shape index (κ2) is 4.67. The Labute approximate surface area is 102 Å². The van der Waals surface area contributed by atoms with Gasteiger partial charge in [-0.15, -0.1) is 0 Å². The minimum Gasteiger partial charge on any atom is -0.393 e. The average molecular weight is 275 g/mol. The van der Waals surface area contributed by atoms with Crippen molar-refractivity contribution >= 4 is 10.0 Å². The van der Waals surface area contributed by atoms with E-state index >= 15 is 0 Å². The lowest BCUT2D eigenvalue weighted by Gasteiger charge is -2.31. The topological polar surface area (TPSA) is 132 Å². The molecule has 0 unspecified atom stereocenters. The summed E-state index contributed by atoms with van der Waals surface area (Å²) in [7, 11) is -3.94. The van der Waals surface area contributed by atoms with Gasteiger partial charge in [0.05, 0.1) is 6.10 Å². The van der Waals surface area contributed by atoms with Gasteiger partial charge in [0, 0.05) is 12.7 Å². The van der Waals surface area contributed by atoms with Gasteiger partial charge in [0.25, 0.3) is 5.56 Å². The zero-order valence-corrected chi connectivity index (χ0v) is 10.2. The summed E-state index contributed by atoms with van der Waals surface area (Å²) in [5, 5.41) is 9.07. The van der Waals surface area contributed by atoms with Crippen LogP contribution in [0.3, 0.4) is 0 Å². The molecule has 0 atom stereocenters. The molecule has 0 aliphatic heterocycles. The molecule has 8 nitrogen and oxygen atoms in total. The molecular formula is C9H13N3O5S. The molecule has 1 fully saturated rings. The van der Waals surface area contributed by atoms with Crippen molar-refractivity contribution < 1.29 is 13.5 Å². The maximum Gasteiger partial charge on any atom is 0.325 e.